The second-order valence-corrected chi connectivity index (χ2v) is 9.33. The zero-order valence-corrected chi connectivity index (χ0v) is 20.3. The van der Waals surface area contributed by atoms with Crippen molar-refractivity contribution in [2.75, 3.05) is 31.5 Å². The van der Waals surface area contributed by atoms with Crippen molar-refractivity contribution in [3.63, 3.8) is 0 Å². The van der Waals surface area contributed by atoms with Crippen LogP contribution in [0.2, 0.25) is 0 Å². The highest BCUT2D eigenvalue weighted by atomic mass is 19.1. The molecule has 0 spiro atoms. The van der Waals surface area contributed by atoms with Crippen LogP contribution in [-0.4, -0.2) is 47.9 Å². The molecule has 1 aromatic heterocycles. The molecule has 0 saturated carbocycles. The summed E-state index contributed by atoms with van der Waals surface area (Å²) < 4.78 is 28.2. The summed E-state index contributed by atoms with van der Waals surface area (Å²) >= 11 is 0. The average molecular weight is 491 g/mol. The molecule has 0 aliphatic carbocycles. The van der Waals surface area contributed by atoms with Crippen molar-refractivity contribution in [3.05, 3.63) is 76.1 Å². The van der Waals surface area contributed by atoms with Crippen molar-refractivity contribution in [2.24, 2.45) is 0 Å². The van der Waals surface area contributed by atoms with Crippen molar-refractivity contribution < 1.29 is 18.4 Å². The van der Waals surface area contributed by atoms with E-state index in [9.17, 15) is 18.4 Å². The van der Waals surface area contributed by atoms with Gasteiger partial charge in [0.05, 0.1) is 11.1 Å². The van der Waals surface area contributed by atoms with Crippen LogP contribution in [0.3, 0.4) is 0 Å². The molecule has 0 radical (unpaired) electrons. The molecule has 0 unspecified atom stereocenters. The molecule has 6 nitrogen and oxygen atoms in total. The summed E-state index contributed by atoms with van der Waals surface area (Å²) in [7, 11) is 0. The highest BCUT2D eigenvalue weighted by Crippen LogP contribution is 2.41. The Morgan fingerprint density at radius 3 is 2.64 bits per heavy atom. The van der Waals surface area contributed by atoms with Crippen LogP contribution in [0.1, 0.15) is 45.7 Å². The Morgan fingerprint density at radius 1 is 1.11 bits per heavy atom. The number of benzene rings is 2. The number of aromatic amines is 1. The maximum atomic E-state index is 14.6. The van der Waals surface area contributed by atoms with Crippen LogP contribution in [-0.2, 0) is 4.79 Å². The van der Waals surface area contributed by atoms with Gasteiger partial charge < -0.3 is 20.5 Å². The topological polar surface area (TPSA) is 77.2 Å². The lowest BCUT2D eigenvalue weighted by Crippen LogP contribution is -2.33. The van der Waals surface area contributed by atoms with Crippen LogP contribution >= 0.6 is 0 Å². The number of aryl methyl sites for hydroxylation is 1. The molecule has 3 aromatic rings. The molecule has 1 saturated heterocycles. The molecule has 3 heterocycles. The largest absolute Gasteiger partial charge is 0.358 e. The predicted molar refractivity (Wildman–Crippen MR) is 137 cm³/mol. The van der Waals surface area contributed by atoms with Gasteiger partial charge >= 0.3 is 0 Å². The second kappa shape index (κ2) is 9.70. The van der Waals surface area contributed by atoms with Gasteiger partial charge in [0.15, 0.2) is 0 Å². The third-order valence-corrected chi connectivity index (χ3v) is 6.95. The van der Waals surface area contributed by atoms with Crippen LogP contribution < -0.4 is 10.6 Å². The highest BCUT2D eigenvalue weighted by Gasteiger charge is 2.29. The number of fused-ring (bicyclic) bond motifs is 1. The Labute approximate surface area is 208 Å². The fraction of sp³-hybridized carbons (Fsp3) is 0.286. The molecule has 2 amide bonds. The van der Waals surface area contributed by atoms with E-state index in [2.05, 4.69) is 20.5 Å². The van der Waals surface area contributed by atoms with E-state index in [-0.39, 0.29) is 17.4 Å². The Morgan fingerprint density at radius 2 is 1.89 bits per heavy atom. The summed E-state index contributed by atoms with van der Waals surface area (Å²) in [6, 6.07) is 8.55. The van der Waals surface area contributed by atoms with Crippen LogP contribution in [0.5, 0.6) is 0 Å². The number of amides is 2. The molecule has 186 valence electrons. The standard InChI is InChI=1S/C28H28F2N4O2/c1-16-24(32-17(2)25(16)28(36)31-10-13-34-11-3-4-12-34)15-21-26-20(6-5-7-23(26)33-27(21)35)19-9-8-18(29)14-22(19)30/h5-9,14-15,32H,3-4,10-13H2,1-2H3,(H,31,36)(H,33,35). The average Bonchev–Trinajstić information content (AvgIpc) is 3.53. The molecule has 36 heavy (non-hydrogen) atoms. The Hall–Kier alpha value is -3.78. The number of likely N-dealkylation sites (tertiary alicyclic amines) is 1. The van der Waals surface area contributed by atoms with Gasteiger partial charge in [-0.05, 0) is 75.2 Å². The van der Waals surface area contributed by atoms with Crippen LogP contribution in [0.4, 0.5) is 14.5 Å². The predicted octanol–water partition coefficient (Wildman–Crippen LogP) is 4.90. The van der Waals surface area contributed by atoms with Crippen molar-refractivity contribution in [3.8, 4) is 11.1 Å². The van der Waals surface area contributed by atoms with Gasteiger partial charge in [-0.25, -0.2) is 8.78 Å². The normalized spacial score (nSPS) is 16.4. The molecular weight excluding hydrogens is 462 g/mol. The van der Waals surface area contributed by atoms with E-state index in [1.54, 1.807) is 24.3 Å². The molecule has 1 fully saturated rings. The van der Waals surface area contributed by atoms with E-state index in [1.165, 1.54) is 25.0 Å². The minimum atomic E-state index is -0.707. The maximum Gasteiger partial charge on any atom is 0.256 e. The van der Waals surface area contributed by atoms with Crippen molar-refractivity contribution in [1.82, 2.24) is 15.2 Å². The summed E-state index contributed by atoms with van der Waals surface area (Å²) in [5, 5.41) is 5.83. The first kappa shape index (κ1) is 23.9. The molecule has 8 heteroatoms. The lowest BCUT2D eigenvalue weighted by Gasteiger charge is -2.14. The van der Waals surface area contributed by atoms with Crippen molar-refractivity contribution >= 4 is 29.2 Å². The second-order valence-electron chi connectivity index (χ2n) is 9.33. The lowest BCUT2D eigenvalue weighted by molar-refractivity contribution is -0.110. The van der Waals surface area contributed by atoms with Gasteiger partial charge in [-0.1, -0.05) is 12.1 Å². The molecule has 2 aromatic carbocycles. The van der Waals surface area contributed by atoms with E-state index in [0.29, 0.717) is 45.9 Å². The molecule has 5 rings (SSSR count). The summed E-state index contributed by atoms with van der Waals surface area (Å²) in [4.78, 5) is 31.5. The van der Waals surface area contributed by atoms with Crippen LogP contribution in [0.25, 0.3) is 22.8 Å². The van der Waals surface area contributed by atoms with Crippen molar-refractivity contribution in [2.45, 2.75) is 26.7 Å². The van der Waals surface area contributed by atoms with Gasteiger partial charge in [-0.15, -0.1) is 0 Å². The molecule has 2 aliphatic heterocycles. The minimum absolute atomic E-state index is 0.157. The number of hydrogen-bond donors (Lipinski definition) is 3. The number of anilines is 1. The zero-order valence-electron chi connectivity index (χ0n) is 20.3. The third kappa shape index (κ3) is 4.44. The molecule has 0 atom stereocenters. The molecular formula is C28H28F2N4O2. The fourth-order valence-corrected chi connectivity index (χ4v) is 5.15. The first-order valence-corrected chi connectivity index (χ1v) is 12.1. The van der Waals surface area contributed by atoms with Gasteiger partial charge in [0, 0.05) is 47.4 Å². The van der Waals surface area contributed by atoms with Crippen LogP contribution in [0.15, 0.2) is 36.4 Å². The van der Waals surface area contributed by atoms with E-state index in [0.717, 1.165) is 31.3 Å². The van der Waals surface area contributed by atoms with E-state index < -0.39 is 11.6 Å². The monoisotopic (exact) mass is 490 g/mol. The van der Waals surface area contributed by atoms with Crippen LogP contribution in [0, 0.1) is 25.5 Å². The third-order valence-electron chi connectivity index (χ3n) is 6.95. The van der Waals surface area contributed by atoms with E-state index in [4.69, 9.17) is 0 Å². The van der Waals surface area contributed by atoms with Crippen molar-refractivity contribution in [1.29, 1.82) is 0 Å². The molecule has 3 N–H and O–H groups in total. The summed E-state index contributed by atoms with van der Waals surface area (Å²) in [6.07, 6.45) is 4.10. The Balaban J connectivity index is 1.47. The summed E-state index contributed by atoms with van der Waals surface area (Å²) in [6.45, 7) is 7.20. The first-order valence-electron chi connectivity index (χ1n) is 12.1. The van der Waals surface area contributed by atoms with Gasteiger partial charge in [0.2, 0.25) is 0 Å². The number of carbonyl (C=O) groups excluding carboxylic acids is 2. The highest BCUT2D eigenvalue weighted by molar-refractivity contribution is 6.36. The van der Waals surface area contributed by atoms with E-state index in [1.807, 2.05) is 13.8 Å². The maximum absolute atomic E-state index is 14.6. The molecule has 2 aliphatic rings. The smallest absolute Gasteiger partial charge is 0.256 e. The van der Waals surface area contributed by atoms with Gasteiger partial charge in [-0.2, -0.15) is 0 Å². The Bertz CT molecular complexity index is 1390. The first-order chi connectivity index (χ1) is 17.3. The Kier molecular flexibility index (Phi) is 6.45. The number of aromatic nitrogens is 1. The number of rotatable bonds is 6. The fourth-order valence-electron chi connectivity index (χ4n) is 5.15. The quantitative estimate of drug-likeness (QED) is 0.431. The minimum Gasteiger partial charge on any atom is -0.358 e. The number of halogens is 2. The zero-order chi connectivity index (χ0) is 25.4. The number of hydrogen-bond acceptors (Lipinski definition) is 3. The number of carbonyl (C=O) groups is 2. The van der Waals surface area contributed by atoms with E-state index >= 15 is 0 Å². The number of nitrogens with zero attached hydrogens (tertiary/aromatic N) is 1. The van der Waals surface area contributed by atoms with Gasteiger partial charge in [0.1, 0.15) is 11.6 Å². The lowest BCUT2D eigenvalue weighted by atomic mass is 9.93. The van der Waals surface area contributed by atoms with Gasteiger partial charge in [0.25, 0.3) is 11.8 Å². The number of nitrogens with one attached hydrogen (secondary N) is 3. The van der Waals surface area contributed by atoms with Gasteiger partial charge in [-0.3, -0.25) is 9.59 Å². The summed E-state index contributed by atoms with van der Waals surface area (Å²) in [5.41, 5.74) is 4.73. The number of H-pyrrole nitrogens is 1. The summed E-state index contributed by atoms with van der Waals surface area (Å²) in [5.74, 6) is -1.86. The SMILES string of the molecule is Cc1[nH]c(C=C2C(=O)Nc3cccc(-c4ccc(F)cc4F)c32)c(C)c1C(=O)NCCN1CCCC1. The molecule has 0 bridgehead atoms.